The summed E-state index contributed by atoms with van der Waals surface area (Å²) in [5.41, 5.74) is 0. The summed E-state index contributed by atoms with van der Waals surface area (Å²) < 4.78 is 3.93. The molecule has 264 valence electrons. The van der Waals surface area contributed by atoms with E-state index in [2.05, 4.69) is 72.6 Å². The first kappa shape index (κ1) is 46.2. The van der Waals surface area contributed by atoms with Gasteiger partial charge in [0, 0.05) is 12.8 Å². The molecular weight excluding hydrogens is 786 g/mol. The zero-order valence-electron chi connectivity index (χ0n) is 29.0. The topological polar surface area (TPSA) is 74.6 Å². The van der Waals surface area contributed by atoms with Crippen LogP contribution in [-0.2, 0) is 9.59 Å². The van der Waals surface area contributed by atoms with Crippen molar-refractivity contribution in [3.05, 3.63) is 58.8 Å². The molecule has 0 bridgehead atoms. The molecule has 0 aromatic rings. The van der Waals surface area contributed by atoms with Crippen molar-refractivity contribution in [3.63, 3.8) is 0 Å². The molecule has 1 heterocycles. The molecule has 45 heavy (non-hydrogen) atoms. The minimum Gasteiger partial charge on any atom is -0.481 e. The Bertz CT molecular complexity index is 709. The third-order valence-corrected chi connectivity index (χ3v) is 16.6. The molecule has 0 atom stereocenters. The Kier molecular flexibility index (Phi) is 44.3. The summed E-state index contributed by atoms with van der Waals surface area (Å²) in [6.45, 7) is 4.47. The van der Waals surface area contributed by atoms with E-state index < -0.39 is 11.9 Å². The summed E-state index contributed by atoms with van der Waals surface area (Å²) in [5, 5.41) is 17.0. The average molecular weight is 857 g/mol. The van der Waals surface area contributed by atoms with Crippen molar-refractivity contribution in [2.24, 2.45) is 0 Å². The van der Waals surface area contributed by atoms with Crippen LogP contribution in [-0.4, -0.2) is 26.6 Å². The molecule has 0 saturated carbocycles. The molecule has 0 saturated heterocycles. The Hall–Kier alpha value is -0.900. The summed E-state index contributed by atoms with van der Waals surface area (Å²) in [5.74, 6) is -1.34. The van der Waals surface area contributed by atoms with Gasteiger partial charge < -0.3 is 10.2 Å². The molecule has 2 N–H and O–H groups in total. The second-order valence-corrected chi connectivity index (χ2v) is 22.6. The van der Waals surface area contributed by atoms with E-state index in [9.17, 15) is 9.59 Å². The maximum atomic E-state index is 10.3. The predicted octanol–water partition coefficient (Wildman–Crippen LogP) is 13.6. The summed E-state index contributed by atoms with van der Waals surface area (Å²) in [6, 6.07) is 0. The van der Waals surface area contributed by atoms with E-state index in [1.54, 1.807) is 0 Å². The zero-order chi connectivity index (χ0) is 33.3. The molecule has 1 aliphatic rings. The largest absolute Gasteiger partial charge is 0.481 e. The fourth-order valence-corrected chi connectivity index (χ4v) is 13.0. The zero-order valence-corrected chi connectivity index (χ0v) is 33.6. The van der Waals surface area contributed by atoms with Crippen molar-refractivity contribution in [1.29, 1.82) is 0 Å². The van der Waals surface area contributed by atoms with Gasteiger partial charge in [-0.15, -0.1) is 0 Å². The monoisotopic (exact) mass is 856 g/mol. The second kappa shape index (κ2) is 43.1. The summed E-state index contributed by atoms with van der Waals surface area (Å²) in [7, 11) is 0. The molecular formula is C39H70I2O4. The third kappa shape index (κ3) is 50.2. The predicted molar refractivity (Wildman–Crippen MR) is 219 cm³/mol. The number of aliphatic carboxylic acids is 2. The quantitative estimate of drug-likeness (QED) is 0.0356. The third-order valence-electron chi connectivity index (χ3n) is 7.07. The van der Waals surface area contributed by atoms with E-state index in [1.807, 2.05) is 0 Å². The first-order valence-electron chi connectivity index (χ1n) is 18.0. The molecule has 4 nitrogen and oxygen atoms in total. The van der Waals surface area contributed by atoms with Crippen LogP contribution in [0.3, 0.4) is 0 Å². The van der Waals surface area contributed by atoms with Crippen molar-refractivity contribution < 1.29 is 19.8 Å². The Labute approximate surface area is 295 Å². The van der Waals surface area contributed by atoms with Gasteiger partial charge in [-0.25, -0.2) is 0 Å². The van der Waals surface area contributed by atoms with Crippen molar-refractivity contribution >= 4 is 46.4 Å². The summed E-state index contributed by atoms with van der Waals surface area (Å²) in [6.07, 6.45) is 46.9. The van der Waals surface area contributed by atoms with Crippen LogP contribution in [0, 0.1) is 0 Å². The Morgan fingerprint density at radius 3 is 1.18 bits per heavy atom. The van der Waals surface area contributed by atoms with Crippen molar-refractivity contribution in [1.82, 2.24) is 0 Å². The normalized spacial score (nSPS) is 13.0. The van der Waals surface area contributed by atoms with E-state index in [0.717, 1.165) is 51.4 Å². The molecule has 0 aromatic carbocycles. The van der Waals surface area contributed by atoms with Crippen LogP contribution < -0.4 is 0 Å². The molecule has 0 unspecified atom stereocenters. The maximum absolute atomic E-state index is 10.3. The summed E-state index contributed by atoms with van der Waals surface area (Å²) in [4.78, 5) is 20.6. The van der Waals surface area contributed by atoms with Crippen LogP contribution in [0.4, 0.5) is 0 Å². The molecule has 0 aromatic heterocycles. The van der Waals surface area contributed by atoms with Crippen LogP contribution in [0.2, 0.25) is 0 Å². The van der Waals surface area contributed by atoms with E-state index in [1.165, 1.54) is 94.3 Å². The van der Waals surface area contributed by atoms with Crippen LogP contribution in [0.25, 0.3) is 0 Å². The van der Waals surface area contributed by atoms with Gasteiger partial charge in [0.05, 0.1) is 0 Å². The molecule has 1 rings (SSSR count). The number of rotatable bonds is 28. The van der Waals surface area contributed by atoms with Crippen molar-refractivity contribution in [3.8, 4) is 0 Å². The number of alkyl halides is 1. The average Bonchev–Trinajstić information content (AvgIpc) is 3.62. The fourth-order valence-electron chi connectivity index (χ4n) is 4.37. The van der Waals surface area contributed by atoms with Gasteiger partial charge in [-0.05, 0) is 77.0 Å². The fraction of sp³-hybridized carbons (Fsp3) is 0.692. The number of carbonyl (C=O) groups is 2. The molecule has 0 spiro atoms. The molecule has 0 fully saturated rings. The van der Waals surface area contributed by atoms with Crippen LogP contribution in [0.5, 0.6) is 0 Å². The van der Waals surface area contributed by atoms with Gasteiger partial charge in [-0.2, -0.15) is 0 Å². The molecule has 0 amide bonds. The van der Waals surface area contributed by atoms with E-state index in [0.29, 0.717) is 47.3 Å². The Balaban J connectivity index is 0. The SMILES string of the molecule is C1=C[IH][IH]C1.CCCCC/C=C\C/C=C\CCCCCCCC(=O)O.CCCCC/C=C\C/C=C\CCCCCCCC(=O)O. The minimum atomic E-state index is -0.671. The molecule has 6 heteroatoms. The van der Waals surface area contributed by atoms with Gasteiger partial charge in [0.2, 0.25) is 0 Å². The standard InChI is InChI=1S/2C18H32O2.C3H6I2/c2*1-2-3-4-5-6-7-8-9-10-11-12-13-14-15-16-17-18(19)20;1-2-4-5-3-1/h2*6-7,9-10H,2-5,8,11-17H2,1H3,(H,19,20);1-2,4-5H,3H2/b2*7-6-,10-9-;. The van der Waals surface area contributed by atoms with Crippen molar-refractivity contribution in [2.45, 2.75) is 168 Å². The Morgan fingerprint density at radius 1 is 0.533 bits per heavy atom. The smallest absolute Gasteiger partial charge is 0.303 e. The first-order valence-corrected chi connectivity index (χ1v) is 28.3. The van der Waals surface area contributed by atoms with Crippen molar-refractivity contribution in [2.75, 3.05) is 4.43 Å². The number of hydrogen-bond acceptors (Lipinski definition) is 2. The summed E-state index contributed by atoms with van der Waals surface area (Å²) >= 11 is 1.18. The number of allylic oxidation sites excluding steroid dienone is 9. The van der Waals surface area contributed by atoms with E-state index in [4.69, 9.17) is 10.2 Å². The van der Waals surface area contributed by atoms with Gasteiger partial charge in [0.25, 0.3) is 0 Å². The number of hydrogen-bond donors (Lipinski definition) is 2. The minimum absolute atomic E-state index is 0.324. The van der Waals surface area contributed by atoms with Crippen LogP contribution in [0.15, 0.2) is 58.8 Å². The van der Waals surface area contributed by atoms with E-state index in [-0.39, 0.29) is 0 Å². The number of unbranched alkanes of at least 4 members (excludes halogenated alkanes) is 16. The van der Waals surface area contributed by atoms with Gasteiger partial charge >= 0.3 is 61.0 Å². The van der Waals surface area contributed by atoms with E-state index >= 15 is 0 Å². The van der Waals surface area contributed by atoms with Gasteiger partial charge in [-0.3, -0.25) is 9.59 Å². The number of carboxylic acid groups (broad SMARTS) is 2. The van der Waals surface area contributed by atoms with Gasteiger partial charge in [0.1, 0.15) is 0 Å². The van der Waals surface area contributed by atoms with Gasteiger partial charge in [0.15, 0.2) is 0 Å². The molecule has 1 aliphatic heterocycles. The van der Waals surface area contributed by atoms with Crippen LogP contribution in [0.1, 0.15) is 168 Å². The Morgan fingerprint density at radius 2 is 0.889 bits per heavy atom. The number of carboxylic acids is 2. The number of halogens is 2. The first-order chi connectivity index (χ1) is 22.0. The second-order valence-electron chi connectivity index (χ2n) is 11.5. The maximum Gasteiger partial charge on any atom is 0.303 e. The molecule has 0 aliphatic carbocycles. The van der Waals surface area contributed by atoms with Gasteiger partial charge in [-0.1, -0.05) is 127 Å². The molecule has 0 radical (unpaired) electrons. The van der Waals surface area contributed by atoms with Crippen LogP contribution >= 0.6 is 34.5 Å².